The molecule has 8 rings (SSSR count). The third kappa shape index (κ3) is 16.9. The lowest BCUT2D eigenvalue weighted by Crippen LogP contribution is -1.89. The standard InChI is InChI=1S/C15H13NO2.C13H9F2N.C13H11NO2.C13H11NO/c1-11(17)12-6-8-14(9-7-12)16-10-13-4-2-3-5-15(13)18;14-11-3-1-10(2-4-11)9-16-13-7-5-12(15)6-8-13;15-12-7-3-1-5-10(12)9-14-11-6-2-4-8-13(11)16;15-13-8-6-12(7-9-13)14-10-11-4-2-1-3-5-11/h2-10,18H,1H3;1-9H;1-9,15-16H;1-10,15H. The van der Waals surface area contributed by atoms with Gasteiger partial charge in [0.25, 0.3) is 0 Å². The van der Waals surface area contributed by atoms with Gasteiger partial charge in [-0.15, -0.1) is 0 Å². The van der Waals surface area contributed by atoms with E-state index in [1.807, 2.05) is 42.5 Å². The Bertz CT molecular complexity index is 2740. The Kier molecular flexibility index (Phi) is 18.3. The Morgan fingerprint density at radius 2 is 0.785 bits per heavy atom. The summed E-state index contributed by atoms with van der Waals surface area (Å²) in [7, 11) is 0. The van der Waals surface area contributed by atoms with Crippen molar-refractivity contribution in [2.24, 2.45) is 20.0 Å². The summed E-state index contributed by atoms with van der Waals surface area (Å²) in [4.78, 5) is 27.9. The highest BCUT2D eigenvalue weighted by Crippen LogP contribution is 2.25. The van der Waals surface area contributed by atoms with Crippen LogP contribution in [0.3, 0.4) is 0 Å². The highest BCUT2D eigenvalue weighted by atomic mass is 19.1. The molecule has 0 saturated carbocycles. The van der Waals surface area contributed by atoms with E-state index in [0.29, 0.717) is 28.1 Å². The zero-order chi connectivity index (χ0) is 46.2. The molecule has 8 aromatic carbocycles. The first-order chi connectivity index (χ1) is 31.5. The largest absolute Gasteiger partial charge is 0.508 e. The van der Waals surface area contributed by atoms with Crippen LogP contribution in [0, 0.1) is 11.6 Å². The molecule has 0 fully saturated rings. The molecule has 0 aliphatic carbocycles. The number of aromatic hydroxyl groups is 4. The van der Waals surface area contributed by atoms with Crippen LogP contribution in [0.15, 0.2) is 220 Å². The van der Waals surface area contributed by atoms with E-state index in [1.165, 1.54) is 37.4 Å². The smallest absolute Gasteiger partial charge is 0.159 e. The van der Waals surface area contributed by atoms with Crippen LogP contribution in [-0.4, -0.2) is 51.1 Å². The summed E-state index contributed by atoms with van der Waals surface area (Å²) < 4.78 is 25.2. The minimum Gasteiger partial charge on any atom is -0.508 e. The average molecular weight is 867 g/mol. The Morgan fingerprint density at radius 3 is 1.28 bits per heavy atom. The number of phenolic OH excluding ortho intramolecular Hbond substituents is 4. The maximum absolute atomic E-state index is 12.6. The summed E-state index contributed by atoms with van der Waals surface area (Å²) in [6.45, 7) is 1.53. The molecule has 0 spiro atoms. The van der Waals surface area contributed by atoms with Crippen LogP contribution in [0.1, 0.15) is 39.5 Å². The zero-order valence-corrected chi connectivity index (χ0v) is 35.1. The SMILES string of the molecule is CC(=O)c1ccc(N=Cc2ccccc2O)cc1.Fc1ccc(C=Nc2ccc(F)cc2)cc1.Oc1ccc(N=Cc2ccccc2)cc1.Oc1ccccc1C=Nc1ccccc1O. The first-order valence-electron chi connectivity index (χ1n) is 20.0. The molecule has 0 aliphatic heterocycles. The van der Waals surface area contributed by atoms with Crippen LogP contribution < -0.4 is 0 Å². The highest BCUT2D eigenvalue weighted by Gasteiger charge is 2.00. The molecule has 0 aliphatic rings. The number of halogens is 2. The number of ketones is 1. The van der Waals surface area contributed by atoms with Crippen molar-refractivity contribution in [2.75, 3.05) is 0 Å². The number of carbonyl (C=O) groups excluding carboxylic acids is 1. The Hall–Kier alpha value is -8.83. The van der Waals surface area contributed by atoms with Crippen molar-refractivity contribution in [3.8, 4) is 23.0 Å². The van der Waals surface area contributed by atoms with Crippen LogP contribution in [-0.2, 0) is 0 Å². The minimum absolute atomic E-state index is 0.0335. The second kappa shape index (κ2) is 25.2. The molecular weight excluding hydrogens is 823 g/mol. The summed E-state index contributed by atoms with van der Waals surface area (Å²) in [5, 5.41) is 37.6. The number of benzene rings is 8. The van der Waals surface area contributed by atoms with Gasteiger partial charge in [0.15, 0.2) is 5.78 Å². The normalized spacial score (nSPS) is 10.8. The lowest BCUT2D eigenvalue weighted by atomic mass is 10.1. The van der Waals surface area contributed by atoms with Gasteiger partial charge in [0.2, 0.25) is 0 Å². The predicted molar refractivity (Wildman–Crippen MR) is 257 cm³/mol. The van der Waals surface area contributed by atoms with E-state index in [1.54, 1.807) is 152 Å². The first kappa shape index (κ1) is 47.2. The Labute approximate surface area is 375 Å². The van der Waals surface area contributed by atoms with Crippen molar-refractivity contribution in [1.82, 2.24) is 0 Å². The van der Waals surface area contributed by atoms with Gasteiger partial charge in [0.1, 0.15) is 40.3 Å². The predicted octanol–water partition coefficient (Wildman–Crippen LogP) is 13.1. The van der Waals surface area contributed by atoms with E-state index >= 15 is 0 Å². The van der Waals surface area contributed by atoms with Gasteiger partial charge in [-0.25, -0.2) is 8.78 Å². The number of aliphatic imine (C=N–C) groups is 4. The van der Waals surface area contributed by atoms with E-state index in [9.17, 15) is 28.9 Å². The maximum Gasteiger partial charge on any atom is 0.159 e. The van der Waals surface area contributed by atoms with Crippen molar-refractivity contribution in [3.63, 3.8) is 0 Å². The van der Waals surface area contributed by atoms with Gasteiger partial charge >= 0.3 is 0 Å². The number of carbonyl (C=O) groups is 1. The number of hydrogen-bond donors (Lipinski definition) is 4. The molecular formula is C54H44F2N4O5. The second-order valence-electron chi connectivity index (χ2n) is 13.7. The summed E-state index contributed by atoms with van der Waals surface area (Å²) in [6.07, 6.45) is 6.52. The van der Waals surface area contributed by atoms with Crippen molar-refractivity contribution in [2.45, 2.75) is 6.92 Å². The van der Waals surface area contributed by atoms with Crippen molar-refractivity contribution < 1.29 is 34.0 Å². The second-order valence-corrected chi connectivity index (χ2v) is 13.7. The molecule has 65 heavy (non-hydrogen) atoms. The fraction of sp³-hybridized carbons (Fsp3) is 0.0185. The molecule has 11 heteroatoms. The lowest BCUT2D eigenvalue weighted by molar-refractivity contribution is 0.101. The molecule has 0 atom stereocenters. The third-order valence-electron chi connectivity index (χ3n) is 8.80. The number of nitrogens with zero attached hydrogens (tertiary/aromatic N) is 4. The summed E-state index contributed by atoms with van der Waals surface area (Å²) in [6, 6.07) is 56.2. The van der Waals surface area contributed by atoms with Gasteiger partial charge in [0, 0.05) is 41.5 Å². The van der Waals surface area contributed by atoms with E-state index in [2.05, 4.69) is 20.0 Å². The number of para-hydroxylation sites is 4. The van der Waals surface area contributed by atoms with Crippen LogP contribution in [0.25, 0.3) is 0 Å². The number of Topliss-reactive ketones (excluding diaryl/α,β-unsaturated/α-hetero) is 1. The Morgan fingerprint density at radius 1 is 0.400 bits per heavy atom. The topological polar surface area (TPSA) is 147 Å². The minimum atomic E-state index is -0.291. The maximum atomic E-state index is 12.6. The Balaban J connectivity index is 0.000000163. The van der Waals surface area contributed by atoms with Crippen molar-refractivity contribution >= 4 is 53.4 Å². The number of hydrogen-bond acceptors (Lipinski definition) is 9. The molecule has 0 amide bonds. The van der Waals surface area contributed by atoms with Crippen LogP contribution in [0.2, 0.25) is 0 Å². The molecule has 0 unspecified atom stereocenters. The molecule has 8 aromatic rings. The number of rotatable bonds is 9. The van der Waals surface area contributed by atoms with Gasteiger partial charge in [-0.3, -0.25) is 24.8 Å². The van der Waals surface area contributed by atoms with Crippen LogP contribution in [0.5, 0.6) is 23.0 Å². The fourth-order valence-corrected chi connectivity index (χ4v) is 5.28. The molecule has 0 aromatic heterocycles. The van der Waals surface area contributed by atoms with Crippen molar-refractivity contribution in [1.29, 1.82) is 0 Å². The first-order valence-corrected chi connectivity index (χ1v) is 20.0. The molecule has 0 radical (unpaired) electrons. The van der Waals surface area contributed by atoms with Gasteiger partial charge in [0.05, 0.1) is 17.1 Å². The van der Waals surface area contributed by atoms with E-state index in [0.717, 1.165) is 22.5 Å². The fourth-order valence-electron chi connectivity index (χ4n) is 5.28. The lowest BCUT2D eigenvalue weighted by Gasteiger charge is -1.98. The molecule has 0 heterocycles. The quantitative estimate of drug-likeness (QED) is 0.0842. The third-order valence-corrected chi connectivity index (χ3v) is 8.80. The summed E-state index contributed by atoms with van der Waals surface area (Å²) in [5.41, 5.74) is 6.50. The number of phenols is 4. The molecule has 0 bridgehead atoms. The van der Waals surface area contributed by atoms with Gasteiger partial charge in [-0.1, -0.05) is 78.9 Å². The monoisotopic (exact) mass is 866 g/mol. The molecule has 9 nitrogen and oxygen atoms in total. The molecule has 324 valence electrons. The van der Waals surface area contributed by atoms with Crippen LogP contribution >= 0.6 is 0 Å². The van der Waals surface area contributed by atoms with Crippen LogP contribution in [0.4, 0.5) is 31.5 Å². The van der Waals surface area contributed by atoms with Gasteiger partial charge in [-0.05, 0) is 139 Å². The van der Waals surface area contributed by atoms with Crippen molar-refractivity contribution in [3.05, 3.63) is 240 Å². The summed E-state index contributed by atoms with van der Waals surface area (Å²) >= 11 is 0. The summed E-state index contributed by atoms with van der Waals surface area (Å²) in [5.74, 6) is 0.206. The van der Waals surface area contributed by atoms with Gasteiger partial charge in [-0.2, -0.15) is 0 Å². The van der Waals surface area contributed by atoms with E-state index in [-0.39, 0.29) is 40.4 Å². The zero-order valence-electron chi connectivity index (χ0n) is 35.1. The van der Waals surface area contributed by atoms with E-state index in [4.69, 9.17) is 5.11 Å². The highest BCUT2D eigenvalue weighted by molar-refractivity contribution is 5.94. The van der Waals surface area contributed by atoms with E-state index < -0.39 is 0 Å². The average Bonchev–Trinajstić information content (AvgIpc) is 3.33. The van der Waals surface area contributed by atoms with Gasteiger partial charge < -0.3 is 20.4 Å². The molecule has 0 saturated heterocycles. The molecule has 4 N–H and O–H groups in total.